The Morgan fingerprint density at radius 1 is 1.00 bits per heavy atom. The maximum Gasteiger partial charge on any atom is 0.417 e. The number of benzene rings is 2. The van der Waals surface area contributed by atoms with E-state index in [2.05, 4.69) is 10.1 Å². The van der Waals surface area contributed by atoms with E-state index in [4.69, 9.17) is 23.2 Å². The molecule has 0 amide bonds. The molecule has 2 aromatic carbocycles. The van der Waals surface area contributed by atoms with Crippen molar-refractivity contribution < 1.29 is 18.0 Å². The summed E-state index contributed by atoms with van der Waals surface area (Å²) < 4.78 is 41.9. The second kappa shape index (κ2) is 7.54. The Labute approximate surface area is 161 Å². The van der Waals surface area contributed by atoms with Gasteiger partial charge in [0.1, 0.15) is 12.7 Å². The summed E-state index contributed by atoms with van der Waals surface area (Å²) in [5.41, 5.74) is -0.704. The minimum Gasteiger partial charge on any atom is -0.289 e. The molecule has 1 heterocycles. The summed E-state index contributed by atoms with van der Waals surface area (Å²) in [7, 11) is 0. The van der Waals surface area contributed by atoms with E-state index in [9.17, 15) is 18.0 Å². The predicted octanol–water partition coefficient (Wildman–Crippen LogP) is 5.40. The van der Waals surface area contributed by atoms with Crippen LogP contribution in [0.2, 0.25) is 10.0 Å². The lowest BCUT2D eigenvalue weighted by atomic mass is 10.0. The van der Waals surface area contributed by atoms with Crippen LogP contribution >= 0.6 is 23.2 Å². The molecule has 3 aromatic rings. The smallest absolute Gasteiger partial charge is 0.289 e. The molecule has 0 aliphatic heterocycles. The first-order valence-corrected chi connectivity index (χ1v) is 8.24. The third-order valence-corrected chi connectivity index (χ3v) is 4.03. The highest BCUT2D eigenvalue weighted by Gasteiger charge is 2.35. The molecule has 0 saturated carbocycles. The quantitative estimate of drug-likeness (QED) is 0.426. The van der Waals surface area contributed by atoms with E-state index in [1.54, 1.807) is 12.1 Å². The van der Waals surface area contributed by atoms with E-state index in [1.165, 1.54) is 35.5 Å². The molecule has 9 heteroatoms. The lowest BCUT2D eigenvalue weighted by Crippen LogP contribution is -2.13. The van der Waals surface area contributed by atoms with E-state index < -0.39 is 17.5 Å². The SMILES string of the molecule is O=C(/C=C(\c1cc(Cl)cc(Cl)c1)C(F)(F)F)c1ccc(-n2cncn2)cc1. The summed E-state index contributed by atoms with van der Waals surface area (Å²) in [5, 5.41) is 4.01. The van der Waals surface area contributed by atoms with Crippen LogP contribution in [0.3, 0.4) is 0 Å². The number of hydrogen-bond donors (Lipinski definition) is 0. The first-order valence-electron chi connectivity index (χ1n) is 7.49. The Bertz CT molecular complexity index is 977. The zero-order chi connectivity index (χ0) is 19.6. The van der Waals surface area contributed by atoms with E-state index in [1.807, 2.05) is 0 Å². The summed E-state index contributed by atoms with van der Waals surface area (Å²) >= 11 is 11.6. The summed E-state index contributed by atoms with van der Waals surface area (Å²) in [6, 6.07) is 9.45. The van der Waals surface area contributed by atoms with Crippen LogP contribution in [-0.2, 0) is 0 Å². The molecule has 138 valence electrons. The lowest BCUT2D eigenvalue weighted by Gasteiger charge is -2.13. The van der Waals surface area contributed by atoms with Gasteiger partial charge in [-0.05, 0) is 54.1 Å². The van der Waals surface area contributed by atoms with Crippen LogP contribution < -0.4 is 0 Å². The molecule has 0 fully saturated rings. The zero-order valence-corrected chi connectivity index (χ0v) is 14.9. The molecule has 0 aliphatic rings. The van der Waals surface area contributed by atoms with Gasteiger partial charge in [0.2, 0.25) is 0 Å². The van der Waals surface area contributed by atoms with Gasteiger partial charge in [-0.25, -0.2) is 9.67 Å². The number of rotatable bonds is 4. The fourth-order valence-electron chi connectivity index (χ4n) is 2.37. The third-order valence-electron chi connectivity index (χ3n) is 3.59. The minimum atomic E-state index is -4.76. The number of halogens is 5. The molecule has 0 N–H and O–H groups in total. The molecule has 3 rings (SSSR count). The average Bonchev–Trinajstić information content (AvgIpc) is 3.12. The zero-order valence-electron chi connectivity index (χ0n) is 13.4. The topological polar surface area (TPSA) is 47.8 Å². The number of nitrogens with zero attached hydrogens (tertiary/aromatic N) is 3. The summed E-state index contributed by atoms with van der Waals surface area (Å²) in [6.07, 6.45) is -1.42. The van der Waals surface area contributed by atoms with Crippen molar-refractivity contribution in [2.75, 3.05) is 0 Å². The fourth-order valence-corrected chi connectivity index (χ4v) is 2.90. The Morgan fingerprint density at radius 2 is 1.63 bits per heavy atom. The molecule has 1 aromatic heterocycles. The standard InChI is InChI=1S/C18H10Cl2F3N3O/c19-13-5-12(6-14(20)7-13)16(18(21,22)23)8-17(27)11-1-3-15(4-2-11)26-10-24-9-25-26/h1-10H/b16-8+. The van der Waals surface area contributed by atoms with Crippen molar-refractivity contribution in [2.45, 2.75) is 6.18 Å². The Kier molecular flexibility index (Phi) is 5.34. The molecule has 0 unspecified atom stereocenters. The van der Waals surface area contributed by atoms with Crippen molar-refractivity contribution in [3.8, 4) is 5.69 Å². The first kappa shape index (κ1) is 19.1. The van der Waals surface area contributed by atoms with Gasteiger partial charge >= 0.3 is 6.18 Å². The molecule has 0 bridgehead atoms. The van der Waals surface area contributed by atoms with E-state index in [0.717, 1.165) is 12.1 Å². The van der Waals surface area contributed by atoms with Crippen molar-refractivity contribution in [1.29, 1.82) is 0 Å². The summed E-state index contributed by atoms with van der Waals surface area (Å²) in [6.45, 7) is 0. The number of carbonyl (C=O) groups is 1. The van der Waals surface area contributed by atoms with Gasteiger partial charge in [0.05, 0.1) is 11.3 Å². The molecule has 0 aliphatic carbocycles. The Morgan fingerprint density at radius 3 is 2.15 bits per heavy atom. The summed E-state index contributed by atoms with van der Waals surface area (Å²) in [4.78, 5) is 16.2. The van der Waals surface area contributed by atoms with E-state index >= 15 is 0 Å². The van der Waals surface area contributed by atoms with Crippen molar-refractivity contribution in [1.82, 2.24) is 14.8 Å². The largest absolute Gasteiger partial charge is 0.417 e. The van der Waals surface area contributed by atoms with Crippen LogP contribution in [0.1, 0.15) is 15.9 Å². The number of carbonyl (C=O) groups excluding carboxylic acids is 1. The van der Waals surface area contributed by atoms with Crippen LogP contribution in [0.15, 0.2) is 61.2 Å². The first-order chi connectivity index (χ1) is 12.7. The molecule has 0 atom stereocenters. The normalized spacial score (nSPS) is 12.3. The predicted molar refractivity (Wildman–Crippen MR) is 96.2 cm³/mol. The number of hydrogen-bond acceptors (Lipinski definition) is 3. The molecule has 0 spiro atoms. The second-order valence-electron chi connectivity index (χ2n) is 5.47. The maximum atomic E-state index is 13.5. The van der Waals surface area contributed by atoms with Crippen LogP contribution in [0.25, 0.3) is 11.3 Å². The molecule has 0 radical (unpaired) electrons. The van der Waals surface area contributed by atoms with Crippen molar-refractivity contribution in [3.05, 3.63) is 82.4 Å². The molecule has 27 heavy (non-hydrogen) atoms. The van der Waals surface area contributed by atoms with E-state index in [-0.39, 0.29) is 21.2 Å². The van der Waals surface area contributed by atoms with Gasteiger partial charge in [0.25, 0.3) is 0 Å². The van der Waals surface area contributed by atoms with Crippen LogP contribution in [0.5, 0.6) is 0 Å². The van der Waals surface area contributed by atoms with E-state index in [0.29, 0.717) is 11.8 Å². The second-order valence-corrected chi connectivity index (χ2v) is 6.34. The number of aromatic nitrogens is 3. The summed E-state index contributed by atoms with van der Waals surface area (Å²) in [5.74, 6) is -0.802. The van der Waals surface area contributed by atoms with Crippen molar-refractivity contribution in [2.24, 2.45) is 0 Å². The lowest BCUT2D eigenvalue weighted by molar-refractivity contribution is -0.0689. The van der Waals surface area contributed by atoms with Crippen LogP contribution in [0, 0.1) is 0 Å². The highest BCUT2D eigenvalue weighted by Crippen LogP contribution is 2.36. The fraction of sp³-hybridized carbons (Fsp3) is 0.0556. The van der Waals surface area contributed by atoms with Gasteiger partial charge in [-0.2, -0.15) is 18.3 Å². The highest BCUT2D eigenvalue weighted by molar-refractivity contribution is 6.35. The van der Waals surface area contributed by atoms with Gasteiger partial charge in [0.15, 0.2) is 5.78 Å². The average molecular weight is 412 g/mol. The van der Waals surface area contributed by atoms with Crippen molar-refractivity contribution in [3.63, 3.8) is 0 Å². The third kappa shape index (κ3) is 4.56. The maximum absolute atomic E-state index is 13.5. The molecular weight excluding hydrogens is 402 g/mol. The Balaban J connectivity index is 1.96. The van der Waals surface area contributed by atoms with Crippen molar-refractivity contribution >= 4 is 34.6 Å². The molecule has 4 nitrogen and oxygen atoms in total. The monoisotopic (exact) mass is 411 g/mol. The van der Waals surface area contributed by atoms with Gasteiger partial charge in [0, 0.05) is 15.6 Å². The number of allylic oxidation sites excluding steroid dienone is 2. The van der Waals surface area contributed by atoms with Gasteiger partial charge in [-0.15, -0.1) is 0 Å². The van der Waals surface area contributed by atoms with Gasteiger partial charge in [-0.3, -0.25) is 4.79 Å². The van der Waals surface area contributed by atoms with Crippen LogP contribution in [-0.4, -0.2) is 26.7 Å². The number of alkyl halides is 3. The molecule has 0 saturated heterocycles. The van der Waals surface area contributed by atoms with Gasteiger partial charge in [-0.1, -0.05) is 23.2 Å². The Hall–Kier alpha value is -2.64. The highest BCUT2D eigenvalue weighted by atomic mass is 35.5. The van der Waals surface area contributed by atoms with Crippen LogP contribution in [0.4, 0.5) is 13.2 Å². The minimum absolute atomic E-state index is 0.0392. The molecular formula is C18H10Cl2F3N3O. The number of ketones is 1. The van der Waals surface area contributed by atoms with Gasteiger partial charge < -0.3 is 0 Å².